The number of carbonyl (C=O) groups excluding carboxylic acids is 1. The van der Waals surface area contributed by atoms with E-state index in [2.05, 4.69) is 5.10 Å². The van der Waals surface area contributed by atoms with E-state index in [9.17, 15) is 9.18 Å². The molecular formula is C22H19FN2O3S. The number of carbonyl (C=O) groups is 1. The predicted octanol–water partition coefficient (Wildman–Crippen LogP) is 4.94. The molecule has 2 aromatic heterocycles. The van der Waals surface area contributed by atoms with Crippen LogP contribution in [0.25, 0.3) is 15.9 Å². The number of aromatic nitrogens is 2. The minimum Gasteiger partial charge on any atom is -0.497 e. The van der Waals surface area contributed by atoms with Gasteiger partial charge in [-0.25, -0.2) is 13.9 Å². The molecule has 0 saturated heterocycles. The maximum absolute atomic E-state index is 13.2. The summed E-state index contributed by atoms with van der Waals surface area (Å²) in [4.78, 5) is 13.8. The largest absolute Gasteiger partial charge is 0.497 e. The van der Waals surface area contributed by atoms with Crippen molar-refractivity contribution < 1.29 is 18.7 Å². The summed E-state index contributed by atoms with van der Waals surface area (Å²) in [5.74, 6) is 0.132. The Labute approximate surface area is 171 Å². The van der Waals surface area contributed by atoms with E-state index in [0.717, 1.165) is 32.9 Å². The molecule has 0 aliphatic carbocycles. The van der Waals surface area contributed by atoms with E-state index in [1.807, 2.05) is 31.2 Å². The lowest BCUT2D eigenvalue weighted by Gasteiger charge is -2.05. The van der Waals surface area contributed by atoms with Gasteiger partial charge in [0.25, 0.3) is 0 Å². The lowest BCUT2D eigenvalue weighted by molar-refractivity contribution is 0.0515. The van der Waals surface area contributed by atoms with Crippen molar-refractivity contribution in [3.05, 3.63) is 76.5 Å². The molecule has 0 radical (unpaired) electrons. The fourth-order valence-corrected chi connectivity index (χ4v) is 4.11. The molecule has 0 N–H and O–H groups in total. The zero-order chi connectivity index (χ0) is 20.4. The van der Waals surface area contributed by atoms with Gasteiger partial charge in [0.1, 0.15) is 21.3 Å². The number of aryl methyl sites for hydroxylation is 1. The van der Waals surface area contributed by atoms with Crippen LogP contribution in [0.5, 0.6) is 5.75 Å². The van der Waals surface area contributed by atoms with Crippen LogP contribution in [0.3, 0.4) is 0 Å². The van der Waals surface area contributed by atoms with Crippen molar-refractivity contribution in [3.8, 4) is 11.4 Å². The van der Waals surface area contributed by atoms with Crippen molar-refractivity contribution in [2.24, 2.45) is 0 Å². The summed E-state index contributed by atoms with van der Waals surface area (Å²) < 4.78 is 25.5. The third-order valence-electron chi connectivity index (χ3n) is 4.60. The Hall–Kier alpha value is -3.19. The second-order valence-corrected chi connectivity index (χ2v) is 7.57. The van der Waals surface area contributed by atoms with Gasteiger partial charge in [0.15, 0.2) is 0 Å². The molecule has 0 fully saturated rings. The SMILES string of the molecule is COc1ccc(CCOC(=O)c2cc3c(C)nn(-c4ccc(F)cc4)c3s2)cc1. The molecule has 4 rings (SSSR count). The number of esters is 1. The molecule has 7 heteroatoms. The minimum atomic E-state index is -0.357. The number of thiophene rings is 1. The lowest BCUT2D eigenvalue weighted by atomic mass is 10.1. The molecule has 0 atom stereocenters. The van der Waals surface area contributed by atoms with Crippen molar-refractivity contribution >= 4 is 27.5 Å². The average molecular weight is 410 g/mol. The molecule has 4 aromatic rings. The highest BCUT2D eigenvalue weighted by atomic mass is 32.1. The number of methoxy groups -OCH3 is 1. The van der Waals surface area contributed by atoms with Crippen LogP contribution < -0.4 is 4.74 Å². The molecule has 5 nitrogen and oxygen atoms in total. The van der Waals surface area contributed by atoms with Gasteiger partial charge >= 0.3 is 5.97 Å². The summed E-state index contributed by atoms with van der Waals surface area (Å²) in [7, 11) is 1.62. The molecule has 2 aromatic carbocycles. The molecular weight excluding hydrogens is 391 g/mol. The molecule has 0 bridgehead atoms. The molecule has 0 amide bonds. The van der Waals surface area contributed by atoms with E-state index in [4.69, 9.17) is 9.47 Å². The van der Waals surface area contributed by atoms with Crippen LogP contribution in [0.15, 0.2) is 54.6 Å². The average Bonchev–Trinajstić information content (AvgIpc) is 3.30. The van der Waals surface area contributed by atoms with Gasteiger partial charge in [-0.15, -0.1) is 11.3 Å². The highest BCUT2D eigenvalue weighted by molar-refractivity contribution is 7.20. The van der Waals surface area contributed by atoms with Crippen LogP contribution in [-0.4, -0.2) is 29.5 Å². The monoisotopic (exact) mass is 410 g/mol. The lowest BCUT2D eigenvalue weighted by Crippen LogP contribution is -2.06. The summed E-state index contributed by atoms with van der Waals surface area (Å²) in [6.45, 7) is 2.18. The Morgan fingerprint density at radius 1 is 1.14 bits per heavy atom. The van der Waals surface area contributed by atoms with E-state index in [1.54, 1.807) is 30.0 Å². The number of benzene rings is 2. The summed E-state index contributed by atoms with van der Waals surface area (Å²) >= 11 is 1.32. The first-order valence-electron chi connectivity index (χ1n) is 9.10. The number of nitrogens with zero attached hydrogens (tertiary/aromatic N) is 2. The second kappa shape index (κ2) is 8.05. The van der Waals surface area contributed by atoms with Gasteiger partial charge in [-0.05, 0) is 55.0 Å². The maximum atomic E-state index is 13.2. The van der Waals surface area contributed by atoms with Gasteiger partial charge in [0, 0.05) is 11.8 Å². The van der Waals surface area contributed by atoms with Crippen molar-refractivity contribution in [3.63, 3.8) is 0 Å². The number of halogens is 1. The van der Waals surface area contributed by atoms with E-state index in [-0.39, 0.29) is 11.8 Å². The van der Waals surface area contributed by atoms with Crippen LogP contribution in [0.4, 0.5) is 4.39 Å². The number of ether oxygens (including phenoxy) is 2. The van der Waals surface area contributed by atoms with Gasteiger partial charge in [0.05, 0.1) is 25.1 Å². The standard InChI is InChI=1S/C22H19FN2O3S/c1-14-19-13-20(22(26)28-12-11-15-3-9-18(27-2)10-4-15)29-21(19)25(24-14)17-7-5-16(23)6-8-17/h3-10,13H,11-12H2,1-2H3. The molecule has 148 valence electrons. The van der Waals surface area contributed by atoms with Crippen LogP contribution in [0.2, 0.25) is 0 Å². The highest BCUT2D eigenvalue weighted by Crippen LogP contribution is 2.31. The van der Waals surface area contributed by atoms with E-state index in [1.165, 1.54) is 23.5 Å². The summed E-state index contributed by atoms with van der Waals surface area (Å²) in [6.07, 6.45) is 0.628. The number of hydrogen-bond donors (Lipinski definition) is 0. The third-order valence-corrected chi connectivity index (χ3v) is 5.69. The molecule has 0 aliphatic rings. The van der Waals surface area contributed by atoms with Gasteiger partial charge in [0.2, 0.25) is 0 Å². The number of hydrogen-bond acceptors (Lipinski definition) is 5. The molecule has 0 spiro atoms. The molecule has 0 unspecified atom stereocenters. The van der Waals surface area contributed by atoms with Crippen molar-refractivity contribution in [1.82, 2.24) is 9.78 Å². The third kappa shape index (κ3) is 4.00. The van der Waals surface area contributed by atoms with E-state index < -0.39 is 0 Å². The van der Waals surface area contributed by atoms with Crippen molar-refractivity contribution in [1.29, 1.82) is 0 Å². The topological polar surface area (TPSA) is 53.4 Å². The fourth-order valence-electron chi connectivity index (χ4n) is 3.03. The van der Waals surface area contributed by atoms with Gasteiger partial charge in [-0.2, -0.15) is 5.10 Å². The van der Waals surface area contributed by atoms with Crippen LogP contribution >= 0.6 is 11.3 Å². The first-order chi connectivity index (χ1) is 14.0. The normalized spacial score (nSPS) is 11.0. The zero-order valence-electron chi connectivity index (χ0n) is 16.0. The molecule has 0 saturated carbocycles. The molecule has 29 heavy (non-hydrogen) atoms. The Morgan fingerprint density at radius 2 is 1.86 bits per heavy atom. The second-order valence-electron chi connectivity index (χ2n) is 6.54. The first-order valence-corrected chi connectivity index (χ1v) is 9.92. The Morgan fingerprint density at radius 3 is 2.55 bits per heavy atom. The smallest absolute Gasteiger partial charge is 0.348 e. The maximum Gasteiger partial charge on any atom is 0.348 e. The van der Waals surface area contributed by atoms with Crippen molar-refractivity contribution in [2.45, 2.75) is 13.3 Å². The fraction of sp³-hybridized carbons (Fsp3) is 0.182. The minimum absolute atomic E-state index is 0.294. The highest BCUT2D eigenvalue weighted by Gasteiger charge is 2.18. The van der Waals surface area contributed by atoms with Crippen LogP contribution in [0.1, 0.15) is 20.9 Å². The van der Waals surface area contributed by atoms with E-state index >= 15 is 0 Å². The van der Waals surface area contributed by atoms with E-state index in [0.29, 0.717) is 17.9 Å². The van der Waals surface area contributed by atoms with Crippen molar-refractivity contribution in [2.75, 3.05) is 13.7 Å². The summed E-state index contributed by atoms with van der Waals surface area (Å²) in [6, 6.07) is 15.6. The molecule has 0 aliphatic heterocycles. The number of fused-ring (bicyclic) bond motifs is 1. The Kier molecular flexibility index (Phi) is 5.31. The van der Waals surface area contributed by atoms with Crippen LogP contribution in [0, 0.1) is 12.7 Å². The first kappa shape index (κ1) is 19.1. The molecule has 2 heterocycles. The quantitative estimate of drug-likeness (QED) is 0.423. The Bertz CT molecular complexity index is 1150. The summed E-state index contributed by atoms with van der Waals surface area (Å²) in [5, 5.41) is 5.40. The van der Waals surface area contributed by atoms with Gasteiger partial charge in [-0.3, -0.25) is 0 Å². The van der Waals surface area contributed by atoms with Gasteiger partial charge < -0.3 is 9.47 Å². The zero-order valence-corrected chi connectivity index (χ0v) is 16.8. The predicted molar refractivity (Wildman–Crippen MR) is 111 cm³/mol. The number of rotatable bonds is 6. The van der Waals surface area contributed by atoms with Gasteiger partial charge in [-0.1, -0.05) is 12.1 Å². The van der Waals surface area contributed by atoms with Crippen LogP contribution in [-0.2, 0) is 11.2 Å². The Balaban J connectivity index is 1.48. The summed E-state index contributed by atoms with van der Waals surface area (Å²) in [5.41, 5.74) is 2.61.